The van der Waals surface area contributed by atoms with Crippen molar-refractivity contribution in [3.8, 4) is 0 Å². The fourth-order valence-corrected chi connectivity index (χ4v) is 3.80. The van der Waals surface area contributed by atoms with Crippen LogP contribution in [0.15, 0.2) is 21.6 Å². The summed E-state index contributed by atoms with van der Waals surface area (Å²) < 4.78 is 1.90. The molecule has 3 heterocycles. The van der Waals surface area contributed by atoms with Crippen molar-refractivity contribution in [3.63, 3.8) is 0 Å². The molecule has 3 aromatic heterocycles. The number of hydrogen-bond donors (Lipinski definition) is 1. The lowest BCUT2D eigenvalue weighted by atomic mass is 10.4. The molecule has 0 aliphatic heterocycles. The van der Waals surface area contributed by atoms with E-state index in [2.05, 4.69) is 30.8 Å². The van der Waals surface area contributed by atoms with Gasteiger partial charge in [0.15, 0.2) is 0 Å². The molecule has 0 unspecified atom stereocenters. The van der Waals surface area contributed by atoms with E-state index in [0.29, 0.717) is 12.0 Å². The highest BCUT2D eigenvalue weighted by molar-refractivity contribution is 7.99. The molecule has 0 atom stereocenters. The Kier molecular flexibility index (Phi) is 3.23. The van der Waals surface area contributed by atoms with Crippen LogP contribution in [0.25, 0.3) is 10.2 Å². The van der Waals surface area contributed by atoms with Gasteiger partial charge in [-0.05, 0) is 53.4 Å². The normalized spacial score (nSPS) is 14.7. The zero-order valence-corrected chi connectivity index (χ0v) is 13.0. The third-order valence-electron chi connectivity index (χ3n) is 3.17. The molecule has 1 N–H and O–H groups in total. The molecular weight excluding hydrogens is 306 g/mol. The van der Waals surface area contributed by atoms with E-state index in [-0.39, 0.29) is 0 Å². The van der Waals surface area contributed by atoms with E-state index >= 15 is 0 Å². The Morgan fingerprint density at radius 3 is 3.14 bits per heavy atom. The van der Waals surface area contributed by atoms with Crippen molar-refractivity contribution in [1.82, 2.24) is 30.2 Å². The van der Waals surface area contributed by atoms with Crippen molar-refractivity contribution in [3.05, 3.63) is 11.4 Å². The molecule has 0 radical (unpaired) electrons. The minimum atomic E-state index is 0.454. The monoisotopic (exact) mass is 319 g/mol. The first-order valence-corrected chi connectivity index (χ1v) is 8.49. The largest absolute Gasteiger partial charge is 0.354 e. The second kappa shape index (κ2) is 5.23. The second-order valence-electron chi connectivity index (χ2n) is 4.76. The number of hydrogen-bond acceptors (Lipinski definition) is 8. The maximum absolute atomic E-state index is 4.60. The molecule has 3 aromatic rings. The Morgan fingerprint density at radius 2 is 2.33 bits per heavy atom. The summed E-state index contributed by atoms with van der Waals surface area (Å²) in [6.45, 7) is 2.82. The molecule has 108 valence electrons. The third kappa shape index (κ3) is 2.46. The average Bonchev–Trinajstić information content (AvgIpc) is 3.02. The summed E-state index contributed by atoms with van der Waals surface area (Å²) >= 11 is 3.12. The van der Waals surface area contributed by atoms with Crippen molar-refractivity contribution in [2.75, 3.05) is 11.9 Å². The highest BCUT2D eigenvalue weighted by Gasteiger charge is 2.28. The van der Waals surface area contributed by atoms with Gasteiger partial charge >= 0.3 is 0 Å². The first-order valence-electron chi connectivity index (χ1n) is 6.80. The second-order valence-corrected chi connectivity index (χ2v) is 6.61. The van der Waals surface area contributed by atoms with Gasteiger partial charge in [-0.3, -0.25) is 0 Å². The van der Waals surface area contributed by atoms with Gasteiger partial charge in [0.25, 0.3) is 0 Å². The van der Waals surface area contributed by atoms with Crippen LogP contribution in [0.4, 0.5) is 5.95 Å². The van der Waals surface area contributed by atoms with Crippen LogP contribution in [-0.4, -0.2) is 36.7 Å². The van der Waals surface area contributed by atoms with Gasteiger partial charge in [0.1, 0.15) is 9.86 Å². The minimum Gasteiger partial charge on any atom is -0.354 e. The highest BCUT2D eigenvalue weighted by Crippen LogP contribution is 2.39. The molecule has 0 saturated heterocycles. The van der Waals surface area contributed by atoms with Gasteiger partial charge in [-0.25, -0.2) is 14.6 Å². The molecule has 4 rings (SSSR count). The molecule has 21 heavy (non-hydrogen) atoms. The quantitative estimate of drug-likeness (QED) is 0.724. The van der Waals surface area contributed by atoms with Crippen molar-refractivity contribution < 1.29 is 0 Å². The molecule has 7 nitrogen and oxygen atoms in total. The Labute approximate surface area is 129 Å². The lowest BCUT2D eigenvalue weighted by Crippen LogP contribution is -2.03. The van der Waals surface area contributed by atoms with Crippen molar-refractivity contribution >= 4 is 39.3 Å². The summed E-state index contributed by atoms with van der Waals surface area (Å²) in [5.41, 5.74) is 0. The van der Waals surface area contributed by atoms with Gasteiger partial charge in [-0.2, -0.15) is 0 Å². The van der Waals surface area contributed by atoms with Crippen molar-refractivity contribution in [1.29, 1.82) is 0 Å². The summed E-state index contributed by atoms with van der Waals surface area (Å²) in [4.78, 5) is 10.1. The van der Waals surface area contributed by atoms with Crippen LogP contribution in [0, 0.1) is 0 Å². The molecule has 1 aliphatic carbocycles. The van der Waals surface area contributed by atoms with E-state index in [4.69, 9.17) is 0 Å². The van der Waals surface area contributed by atoms with E-state index < -0.39 is 0 Å². The van der Waals surface area contributed by atoms with Gasteiger partial charge in [-0.1, -0.05) is 0 Å². The minimum absolute atomic E-state index is 0.454. The molecule has 9 heteroatoms. The number of rotatable bonds is 5. The van der Waals surface area contributed by atoms with Crippen molar-refractivity contribution in [2.24, 2.45) is 0 Å². The highest BCUT2D eigenvalue weighted by atomic mass is 32.2. The zero-order chi connectivity index (χ0) is 14.2. The Bertz CT molecular complexity index is 777. The SMILES string of the molecule is CCNc1nc(Sc2nnnn2C2CC2)c2ccsc2n1. The van der Waals surface area contributed by atoms with Gasteiger partial charge < -0.3 is 5.32 Å². The number of tetrazole rings is 1. The third-order valence-corrected chi connectivity index (χ3v) is 4.93. The van der Waals surface area contributed by atoms with E-state index in [1.165, 1.54) is 11.8 Å². The summed E-state index contributed by atoms with van der Waals surface area (Å²) in [6.07, 6.45) is 2.30. The standard InChI is InChI=1S/C12H13N7S2/c1-2-13-11-14-9-8(5-6-20-9)10(15-11)21-12-16-17-18-19(12)7-3-4-7/h5-7H,2-4H2,1H3,(H,13,14,15). The number of nitrogens with one attached hydrogen (secondary N) is 1. The maximum Gasteiger partial charge on any atom is 0.225 e. The Morgan fingerprint density at radius 1 is 1.43 bits per heavy atom. The summed E-state index contributed by atoms with van der Waals surface area (Å²) in [6, 6.07) is 2.50. The maximum atomic E-state index is 4.60. The lowest BCUT2D eigenvalue weighted by molar-refractivity contribution is 0.565. The zero-order valence-electron chi connectivity index (χ0n) is 11.4. The van der Waals surface area contributed by atoms with Crippen LogP contribution in [0.1, 0.15) is 25.8 Å². The number of aromatic nitrogens is 6. The Hall–Kier alpha value is -1.74. The Balaban J connectivity index is 1.74. The molecule has 0 amide bonds. The van der Waals surface area contributed by atoms with Crippen LogP contribution < -0.4 is 5.32 Å². The fraction of sp³-hybridized carbons (Fsp3) is 0.417. The van der Waals surface area contributed by atoms with Crippen molar-refractivity contribution in [2.45, 2.75) is 36.0 Å². The topological polar surface area (TPSA) is 81.4 Å². The molecule has 1 saturated carbocycles. The molecule has 1 aliphatic rings. The van der Waals surface area contributed by atoms with Crippen LogP contribution in [-0.2, 0) is 0 Å². The number of fused-ring (bicyclic) bond motifs is 1. The molecule has 0 bridgehead atoms. The van der Waals surface area contributed by atoms with E-state index in [0.717, 1.165) is 39.8 Å². The number of nitrogens with zero attached hydrogens (tertiary/aromatic N) is 6. The summed E-state index contributed by atoms with van der Waals surface area (Å²) in [7, 11) is 0. The van der Waals surface area contributed by atoms with Crippen LogP contribution in [0.3, 0.4) is 0 Å². The van der Waals surface area contributed by atoms with E-state index in [9.17, 15) is 0 Å². The van der Waals surface area contributed by atoms with Crippen LogP contribution in [0.5, 0.6) is 0 Å². The van der Waals surface area contributed by atoms with Crippen LogP contribution >= 0.6 is 23.1 Å². The van der Waals surface area contributed by atoms with E-state index in [1.54, 1.807) is 11.3 Å². The molecule has 0 aromatic carbocycles. The van der Waals surface area contributed by atoms with Gasteiger partial charge in [0.05, 0.1) is 6.04 Å². The van der Waals surface area contributed by atoms with Crippen LogP contribution in [0.2, 0.25) is 0 Å². The smallest absolute Gasteiger partial charge is 0.225 e. The predicted octanol–water partition coefficient (Wildman–Crippen LogP) is 2.60. The summed E-state index contributed by atoms with van der Waals surface area (Å²) in [5, 5.41) is 19.9. The number of thiophene rings is 1. The van der Waals surface area contributed by atoms with Gasteiger partial charge in [-0.15, -0.1) is 16.4 Å². The lowest BCUT2D eigenvalue weighted by Gasteiger charge is -2.06. The molecule has 0 spiro atoms. The first-order chi connectivity index (χ1) is 10.3. The average molecular weight is 319 g/mol. The fourth-order valence-electron chi connectivity index (χ4n) is 2.03. The first kappa shape index (κ1) is 13.0. The predicted molar refractivity (Wildman–Crippen MR) is 81.8 cm³/mol. The molecule has 1 fully saturated rings. The van der Waals surface area contributed by atoms with E-state index in [1.807, 2.05) is 23.1 Å². The molecular formula is C12H13N7S2. The summed E-state index contributed by atoms with van der Waals surface area (Å²) in [5.74, 6) is 0.653. The van der Waals surface area contributed by atoms with Gasteiger partial charge in [0.2, 0.25) is 11.1 Å². The number of anilines is 1. The van der Waals surface area contributed by atoms with Gasteiger partial charge in [0, 0.05) is 11.9 Å².